The molecule has 0 fully saturated rings. The topological polar surface area (TPSA) is 113 Å². The second kappa shape index (κ2) is 10.2. The Balaban J connectivity index is 2.29. The van der Waals surface area contributed by atoms with Gasteiger partial charge in [-0.2, -0.15) is 0 Å². The van der Waals surface area contributed by atoms with Crippen molar-refractivity contribution in [3.8, 4) is 0 Å². The first kappa shape index (κ1) is 18.5. The molecule has 1 rings (SSSR count). The van der Waals surface area contributed by atoms with Crippen LogP contribution in [0.2, 0.25) is 0 Å². The minimum absolute atomic E-state index is 0.0598. The Hall–Kier alpha value is -2.57. The Bertz CT molecular complexity index is 517. The number of unbranched alkanes of at least 4 members (excludes halogenated alkanes) is 2. The summed E-state index contributed by atoms with van der Waals surface area (Å²) in [5.41, 5.74) is 0.809. The summed E-state index contributed by atoms with van der Waals surface area (Å²) in [6.45, 7) is 0.0671. The van der Waals surface area contributed by atoms with Gasteiger partial charge in [0.2, 0.25) is 0 Å². The average molecular weight is 323 g/mol. The van der Waals surface area contributed by atoms with E-state index in [0.717, 1.165) is 5.56 Å². The third kappa shape index (κ3) is 8.45. The quantitative estimate of drug-likeness (QED) is 0.570. The summed E-state index contributed by atoms with van der Waals surface area (Å²) in [5, 5.41) is 19.9. The van der Waals surface area contributed by atoms with Crippen molar-refractivity contribution >= 4 is 18.0 Å². The summed E-state index contributed by atoms with van der Waals surface area (Å²) in [6.07, 6.45) is 1.10. The number of hydrogen-bond donors (Lipinski definition) is 3. The first-order valence-corrected chi connectivity index (χ1v) is 7.41. The molecule has 0 radical (unpaired) electrons. The van der Waals surface area contributed by atoms with E-state index in [4.69, 9.17) is 14.9 Å². The predicted octanol–water partition coefficient (Wildman–Crippen LogP) is 2.40. The van der Waals surface area contributed by atoms with E-state index in [1.807, 2.05) is 18.2 Å². The van der Waals surface area contributed by atoms with Crippen molar-refractivity contribution in [1.82, 2.24) is 5.32 Å². The molecule has 0 spiro atoms. The number of hydrogen-bond acceptors (Lipinski definition) is 4. The molecule has 126 valence electrons. The highest BCUT2D eigenvalue weighted by Gasteiger charge is 2.20. The van der Waals surface area contributed by atoms with Gasteiger partial charge in [-0.1, -0.05) is 43.2 Å². The van der Waals surface area contributed by atoms with Gasteiger partial charge in [0.25, 0.3) is 0 Å². The van der Waals surface area contributed by atoms with Crippen molar-refractivity contribution in [2.24, 2.45) is 0 Å². The van der Waals surface area contributed by atoms with Crippen LogP contribution in [0, 0.1) is 0 Å². The molecule has 0 aliphatic heterocycles. The Kier molecular flexibility index (Phi) is 8.20. The van der Waals surface area contributed by atoms with E-state index in [2.05, 4.69) is 5.32 Å². The maximum atomic E-state index is 11.6. The molecule has 0 heterocycles. The fourth-order valence-electron chi connectivity index (χ4n) is 1.97. The van der Waals surface area contributed by atoms with E-state index in [1.165, 1.54) is 0 Å². The molecule has 7 nitrogen and oxygen atoms in total. The van der Waals surface area contributed by atoms with Crippen LogP contribution in [0.3, 0.4) is 0 Å². The fourth-order valence-corrected chi connectivity index (χ4v) is 1.97. The second-order valence-corrected chi connectivity index (χ2v) is 5.09. The molecule has 0 aliphatic rings. The van der Waals surface area contributed by atoms with E-state index in [1.54, 1.807) is 12.1 Å². The van der Waals surface area contributed by atoms with Gasteiger partial charge in [-0.3, -0.25) is 4.79 Å². The molecule has 0 saturated carbocycles. The zero-order chi connectivity index (χ0) is 17.1. The maximum absolute atomic E-state index is 11.6. The number of carboxylic acids is 2. The molecule has 1 amide bonds. The number of carbonyl (C=O) groups excluding carboxylic acids is 1. The Morgan fingerprint density at radius 3 is 2.35 bits per heavy atom. The van der Waals surface area contributed by atoms with Crippen LogP contribution in [0.5, 0.6) is 0 Å². The SMILES string of the molecule is O=C(O)CCCCC[C@H](NC(=O)OCc1ccccc1)C(=O)O. The van der Waals surface area contributed by atoms with Crippen LogP contribution < -0.4 is 5.32 Å². The summed E-state index contributed by atoms with van der Waals surface area (Å²) < 4.78 is 4.98. The van der Waals surface area contributed by atoms with Crippen molar-refractivity contribution in [1.29, 1.82) is 0 Å². The second-order valence-electron chi connectivity index (χ2n) is 5.09. The number of ether oxygens (including phenoxy) is 1. The molecule has 7 heteroatoms. The monoisotopic (exact) mass is 323 g/mol. The highest BCUT2D eigenvalue weighted by molar-refractivity contribution is 5.79. The van der Waals surface area contributed by atoms with E-state index in [0.29, 0.717) is 19.3 Å². The van der Waals surface area contributed by atoms with Crippen molar-refractivity contribution in [2.75, 3.05) is 0 Å². The lowest BCUT2D eigenvalue weighted by Crippen LogP contribution is -2.41. The zero-order valence-corrected chi connectivity index (χ0v) is 12.7. The van der Waals surface area contributed by atoms with Gasteiger partial charge in [0.1, 0.15) is 12.6 Å². The van der Waals surface area contributed by atoms with Crippen molar-refractivity contribution in [3.05, 3.63) is 35.9 Å². The number of aliphatic carboxylic acids is 2. The number of nitrogens with one attached hydrogen (secondary N) is 1. The van der Waals surface area contributed by atoms with Crippen LogP contribution in [0.4, 0.5) is 4.79 Å². The molecule has 3 N–H and O–H groups in total. The van der Waals surface area contributed by atoms with Gasteiger partial charge >= 0.3 is 18.0 Å². The zero-order valence-electron chi connectivity index (χ0n) is 12.7. The van der Waals surface area contributed by atoms with Crippen LogP contribution in [0.1, 0.15) is 37.7 Å². The number of carboxylic acid groups (broad SMARTS) is 2. The van der Waals surface area contributed by atoms with Gasteiger partial charge in [-0.25, -0.2) is 9.59 Å². The lowest BCUT2D eigenvalue weighted by molar-refractivity contribution is -0.140. The van der Waals surface area contributed by atoms with Gasteiger partial charge in [0.05, 0.1) is 0 Å². The summed E-state index contributed by atoms with van der Waals surface area (Å²) in [5.74, 6) is -2.01. The minimum Gasteiger partial charge on any atom is -0.481 e. The number of carbonyl (C=O) groups is 3. The van der Waals surface area contributed by atoms with E-state index in [-0.39, 0.29) is 19.4 Å². The molecule has 23 heavy (non-hydrogen) atoms. The van der Waals surface area contributed by atoms with Crippen LogP contribution >= 0.6 is 0 Å². The molecule has 1 atom stereocenters. The molecule has 0 unspecified atom stereocenters. The van der Waals surface area contributed by atoms with Gasteiger partial charge in [0.15, 0.2) is 0 Å². The minimum atomic E-state index is -1.14. The Labute approximate surface area is 134 Å². The van der Waals surface area contributed by atoms with Crippen LogP contribution in [-0.4, -0.2) is 34.3 Å². The molecule has 1 aromatic rings. The molecular weight excluding hydrogens is 302 g/mol. The highest BCUT2D eigenvalue weighted by Crippen LogP contribution is 2.07. The van der Waals surface area contributed by atoms with Crippen molar-refractivity contribution in [3.63, 3.8) is 0 Å². The third-order valence-electron chi connectivity index (χ3n) is 3.19. The molecular formula is C16H21NO6. The molecule has 0 aliphatic carbocycles. The summed E-state index contributed by atoms with van der Waals surface area (Å²) in [4.78, 5) is 33.1. The smallest absolute Gasteiger partial charge is 0.408 e. The largest absolute Gasteiger partial charge is 0.481 e. The first-order valence-electron chi connectivity index (χ1n) is 7.41. The summed E-state index contributed by atoms with van der Waals surface area (Å²) in [6, 6.07) is 8.02. The van der Waals surface area contributed by atoms with E-state index in [9.17, 15) is 14.4 Å². The first-order chi connectivity index (χ1) is 11.0. The molecule has 0 bridgehead atoms. The molecule has 0 saturated heterocycles. The van der Waals surface area contributed by atoms with E-state index >= 15 is 0 Å². The Morgan fingerprint density at radius 2 is 1.74 bits per heavy atom. The average Bonchev–Trinajstić information content (AvgIpc) is 2.52. The Morgan fingerprint density at radius 1 is 1.04 bits per heavy atom. The standard InChI is InChI=1S/C16H21NO6/c18-14(19)10-6-2-5-9-13(15(20)21)17-16(22)23-11-12-7-3-1-4-8-12/h1,3-4,7-8,13H,2,5-6,9-11H2,(H,17,22)(H,18,19)(H,20,21)/t13-/m0/s1. The molecule has 0 aromatic heterocycles. The number of alkyl carbamates (subject to hydrolysis) is 1. The third-order valence-corrected chi connectivity index (χ3v) is 3.19. The highest BCUT2D eigenvalue weighted by atomic mass is 16.5. The lowest BCUT2D eigenvalue weighted by atomic mass is 10.1. The molecule has 1 aromatic carbocycles. The van der Waals surface area contributed by atoms with Crippen molar-refractivity contribution < 1.29 is 29.3 Å². The van der Waals surface area contributed by atoms with E-state index < -0.39 is 24.1 Å². The fraction of sp³-hybridized carbons (Fsp3) is 0.438. The number of amides is 1. The van der Waals surface area contributed by atoms with Gasteiger partial charge in [-0.15, -0.1) is 0 Å². The van der Waals surface area contributed by atoms with Gasteiger partial charge in [-0.05, 0) is 18.4 Å². The number of benzene rings is 1. The van der Waals surface area contributed by atoms with Gasteiger partial charge < -0.3 is 20.3 Å². The summed E-state index contributed by atoms with van der Waals surface area (Å²) in [7, 11) is 0. The van der Waals surface area contributed by atoms with Crippen LogP contribution in [-0.2, 0) is 20.9 Å². The normalized spacial score (nSPS) is 11.5. The lowest BCUT2D eigenvalue weighted by Gasteiger charge is -2.14. The number of rotatable bonds is 10. The maximum Gasteiger partial charge on any atom is 0.408 e. The van der Waals surface area contributed by atoms with Gasteiger partial charge in [0, 0.05) is 6.42 Å². The predicted molar refractivity (Wildman–Crippen MR) is 81.9 cm³/mol. The van der Waals surface area contributed by atoms with Crippen molar-refractivity contribution in [2.45, 2.75) is 44.8 Å². The van der Waals surface area contributed by atoms with Crippen LogP contribution in [0.15, 0.2) is 30.3 Å². The van der Waals surface area contributed by atoms with Crippen LogP contribution in [0.25, 0.3) is 0 Å². The summed E-state index contributed by atoms with van der Waals surface area (Å²) >= 11 is 0.